The molecule has 12 heavy (non-hydrogen) atoms. The molecule has 1 nitrogen and oxygen atoms in total. The molecule has 2 heterocycles. The lowest BCUT2D eigenvalue weighted by atomic mass is 9.81. The summed E-state index contributed by atoms with van der Waals surface area (Å²) in [6, 6.07) is 0. The summed E-state index contributed by atoms with van der Waals surface area (Å²) in [6.45, 7) is 9.15. The van der Waals surface area contributed by atoms with Crippen molar-refractivity contribution in [2.45, 2.75) is 44.6 Å². The molecule has 2 saturated heterocycles. The molecule has 2 fully saturated rings. The predicted molar refractivity (Wildman–Crippen MR) is 53.5 cm³/mol. The summed E-state index contributed by atoms with van der Waals surface area (Å²) in [5.41, 5.74) is 0.203. The van der Waals surface area contributed by atoms with Crippen LogP contribution in [-0.2, 0) is 4.74 Å². The van der Waals surface area contributed by atoms with Crippen molar-refractivity contribution in [2.75, 3.05) is 5.75 Å². The van der Waals surface area contributed by atoms with Crippen LogP contribution in [-0.4, -0.2) is 22.7 Å². The largest absolute Gasteiger partial charge is 0.369 e. The molecule has 0 saturated carbocycles. The zero-order chi connectivity index (χ0) is 8.93. The summed E-state index contributed by atoms with van der Waals surface area (Å²) in [4.78, 5) is 0. The zero-order valence-corrected chi connectivity index (χ0v) is 9.15. The van der Waals surface area contributed by atoms with Crippen LogP contribution in [0.1, 0.15) is 27.7 Å². The highest BCUT2D eigenvalue weighted by Gasteiger charge is 2.58. The molecule has 4 atom stereocenters. The molecular weight excluding hydrogens is 168 g/mol. The van der Waals surface area contributed by atoms with Gasteiger partial charge in [-0.3, -0.25) is 0 Å². The first-order valence-corrected chi connectivity index (χ1v) is 5.92. The average Bonchev–Trinajstić information content (AvgIpc) is 2.42. The molecule has 0 amide bonds. The quantitative estimate of drug-likeness (QED) is 0.622. The minimum atomic E-state index is 0.203. The smallest absolute Gasteiger partial charge is 0.0836 e. The van der Waals surface area contributed by atoms with Crippen molar-refractivity contribution >= 4 is 11.8 Å². The van der Waals surface area contributed by atoms with Crippen LogP contribution in [0.5, 0.6) is 0 Å². The van der Waals surface area contributed by atoms with E-state index in [4.69, 9.17) is 4.74 Å². The van der Waals surface area contributed by atoms with Crippen molar-refractivity contribution in [3.8, 4) is 0 Å². The Morgan fingerprint density at radius 1 is 1.42 bits per heavy atom. The number of rotatable bonds is 1. The zero-order valence-electron chi connectivity index (χ0n) is 8.33. The van der Waals surface area contributed by atoms with E-state index in [9.17, 15) is 0 Å². The van der Waals surface area contributed by atoms with E-state index in [1.165, 1.54) is 5.75 Å². The van der Waals surface area contributed by atoms with Gasteiger partial charge in [-0.25, -0.2) is 0 Å². The highest BCUT2D eigenvalue weighted by molar-refractivity contribution is 8.00. The lowest BCUT2D eigenvalue weighted by molar-refractivity contribution is -0.0653. The van der Waals surface area contributed by atoms with E-state index in [0.717, 1.165) is 11.2 Å². The maximum absolute atomic E-state index is 6.10. The Labute approximate surface area is 79.2 Å². The molecule has 0 aromatic rings. The molecule has 2 bridgehead atoms. The summed E-state index contributed by atoms with van der Waals surface area (Å²) in [7, 11) is 0. The predicted octanol–water partition coefficient (Wildman–Crippen LogP) is 2.55. The number of thioether (sulfide) groups is 1. The van der Waals surface area contributed by atoms with Crippen molar-refractivity contribution in [1.29, 1.82) is 0 Å². The van der Waals surface area contributed by atoms with Crippen LogP contribution in [0, 0.1) is 11.8 Å². The maximum Gasteiger partial charge on any atom is 0.0836 e. The number of ether oxygens (including phenoxy) is 1. The van der Waals surface area contributed by atoms with Gasteiger partial charge < -0.3 is 4.74 Å². The van der Waals surface area contributed by atoms with E-state index in [-0.39, 0.29) is 5.60 Å². The summed E-state index contributed by atoms with van der Waals surface area (Å²) >= 11 is 2.11. The standard InChI is InChI=1S/C10H18OS/c1-6(2)10-5-12-9(7(10)3)8(4)11-10/h6-9H,5H2,1-4H3/t7-,8-,9+,10?/m0/s1. The van der Waals surface area contributed by atoms with Gasteiger partial charge in [0.2, 0.25) is 0 Å². The van der Waals surface area contributed by atoms with Crippen LogP contribution in [0.2, 0.25) is 0 Å². The number of hydrogen-bond donors (Lipinski definition) is 0. The van der Waals surface area contributed by atoms with Crippen molar-refractivity contribution in [3.05, 3.63) is 0 Å². The fourth-order valence-corrected chi connectivity index (χ4v) is 4.67. The van der Waals surface area contributed by atoms with Gasteiger partial charge in [-0.05, 0) is 12.8 Å². The van der Waals surface area contributed by atoms with Gasteiger partial charge in [-0.2, -0.15) is 11.8 Å². The van der Waals surface area contributed by atoms with E-state index in [1.54, 1.807) is 0 Å². The first-order valence-electron chi connectivity index (χ1n) is 4.87. The second kappa shape index (κ2) is 2.65. The fraction of sp³-hybridized carbons (Fsp3) is 1.00. The van der Waals surface area contributed by atoms with E-state index in [0.29, 0.717) is 12.0 Å². The van der Waals surface area contributed by atoms with Gasteiger partial charge in [0, 0.05) is 16.9 Å². The number of hydrogen-bond acceptors (Lipinski definition) is 2. The van der Waals surface area contributed by atoms with E-state index < -0.39 is 0 Å². The van der Waals surface area contributed by atoms with Crippen LogP contribution in [0.4, 0.5) is 0 Å². The molecule has 0 spiro atoms. The highest BCUT2D eigenvalue weighted by atomic mass is 32.2. The van der Waals surface area contributed by atoms with Gasteiger partial charge in [0.15, 0.2) is 0 Å². The van der Waals surface area contributed by atoms with Gasteiger partial charge in [0.05, 0.1) is 11.7 Å². The van der Waals surface area contributed by atoms with E-state index >= 15 is 0 Å². The van der Waals surface area contributed by atoms with Gasteiger partial charge in [-0.1, -0.05) is 20.8 Å². The fourth-order valence-electron chi connectivity index (χ4n) is 2.71. The molecule has 0 aliphatic carbocycles. The minimum absolute atomic E-state index is 0.203. The maximum atomic E-state index is 6.10. The Morgan fingerprint density at radius 2 is 2.08 bits per heavy atom. The molecule has 2 aliphatic heterocycles. The SMILES string of the molecule is CC(C)C12CS[C@@H]([C@H](C)O1)[C@@H]2C. The van der Waals surface area contributed by atoms with Crippen molar-refractivity contribution in [1.82, 2.24) is 0 Å². The topological polar surface area (TPSA) is 9.23 Å². The van der Waals surface area contributed by atoms with Crippen molar-refractivity contribution < 1.29 is 4.74 Å². The van der Waals surface area contributed by atoms with Crippen LogP contribution < -0.4 is 0 Å². The normalized spacial score (nSPS) is 52.2. The van der Waals surface area contributed by atoms with Gasteiger partial charge in [-0.15, -0.1) is 0 Å². The van der Waals surface area contributed by atoms with Crippen molar-refractivity contribution in [2.24, 2.45) is 11.8 Å². The lowest BCUT2D eigenvalue weighted by Gasteiger charge is -2.34. The third kappa shape index (κ3) is 0.912. The van der Waals surface area contributed by atoms with Crippen LogP contribution in [0.15, 0.2) is 0 Å². The Morgan fingerprint density at radius 3 is 2.33 bits per heavy atom. The summed E-state index contributed by atoms with van der Waals surface area (Å²) in [6.07, 6.45) is 0.473. The average molecular weight is 186 g/mol. The molecule has 2 heteroatoms. The van der Waals surface area contributed by atoms with Crippen LogP contribution >= 0.6 is 11.8 Å². The van der Waals surface area contributed by atoms with E-state index in [1.807, 2.05) is 0 Å². The molecule has 1 unspecified atom stereocenters. The summed E-state index contributed by atoms with van der Waals surface area (Å²) in [5, 5.41) is 0.757. The monoisotopic (exact) mass is 186 g/mol. The summed E-state index contributed by atoms with van der Waals surface area (Å²) in [5.74, 6) is 2.62. The first-order chi connectivity index (χ1) is 5.58. The highest BCUT2D eigenvalue weighted by Crippen LogP contribution is 2.54. The molecule has 0 aromatic heterocycles. The Kier molecular flexibility index (Phi) is 1.96. The second-order valence-corrected chi connectivity index (χ2v) is 5.66. The van der Waals surface area contributed by atoms with Crippen molar-refractivity contribution in [3.63, 3.8) is 0 Å². The molecule has 2 aliphatic rings. The molecule has 0 radical (unpaired) electrons. The summed E-state index contributed by atoms with van der Waals surface area (Å²) < 4.78 is 6.10. The molecule has 70 valence electrons. The Bertz CT molecular complexity index is 192. The molecule has 2 rings (SSSR count). The van der Waals surface area contributed by atoms with Gasteiger partial charge in [0.25, 0.3) is 0 Å². The van der Waals surface area contributed by atoms with Crippen LogP contribution in [0.3, 0.4) is 0 Å². The van der Waals surface area contributed by atoms with E-state index in [2.05, 4.69) is 39.5 Å². The Hall–Kier alpha value is 0.310. The lowest BCUT2D eigenvalue weighted by Crippen LogP contribution is -2.41. The first kappa shape index (κ1) is 8.89. The molecule has 0 aromatic carbocycles. The van der Waals surface area contributed by atoms with Crippen LogP contribution in [0.25, 0.3) is 0 Å². The van der Waals surface area contributed by atoms with Gasteiger partial charge in [0.1, 0.15) is 0 Å². The third-order valence-corrected chi connectivity index (χ3v) is 5.40. The number of fused-ring (bicyclic) bond motifs is 2. The molecular formula is C10H18OS. The second-order valence-electron chi connectivity index (χ2n) is 4.50. The third-order valence-electron chi connectivity index (χ3n) is 3.61. The molecule has 0 N–H and O–H groups in total. The minimum Gasteiger partial charge on any atom is -0.369 e. The van der Waals surface area contributed by atoms with Gasteiger partial charge >= 0.3 is 0 Å². The Balaban J connectivity index is 2.27.